The Bertz CT molecular complexity index is 837. The van der Waals surface area contributed by atoms with E-state index in [0.29, 0.717) is 32.2 Å². The molecule has 0 unspecified atom stereocenters. The molecule has 2 aliphatic rings. The first-order chi connectivity index (χ1) is 13.1. The van der Waals surface area contributed by atoms with Crippen molar-refractivity contribution in [3.8, 4) is 5.75 Å². The lowest BCUT2D eigenvalue weighted by Crippen LogP contribution is -2.38. The van der Waals surface area contributed by atoms with Crippen LogP contribution in [-0.4, -0.2) is 45.4 Å². The first kappa shape index (κ1) is 17.9. The quantitative estimate of drug-likeness (QED) is 0.832. The van der Waals surface area contributed by atoms with Crippen LogP contribution in [0, 0.1) is 5.92 Å². The van der Waals surface area contributed by atoms with Crippen LogP contribution in [0.4, 0.5) is 0 Å². The Hall–Kier alpha value is -2.47. The number of aromatic nitrogens is 2. The van der Waals surface area contributed by atoms with E-state index < -0.39 is 0 Å². The van der Waals surface area contributed by atoms with Crippen LogP contribution in [0.3, 0.4) is 0 Å². The lowest BCUT2D eigenvalue weighted by Gasteiger charge is -2.22. The molecule has 0 bridgehead atoms. The average molecular weight is 366 g/mol. The molecule has 2 aliphatic heterocycles. The van der Waals surface area contributed by atoms with Gasteiger partial charge in [0.1, 0.15) is 18.2 Å². The molecule has 1 amide bonds. The second kappa shape index (κ2) is 7.64. The van der Waals surface area contributed by atoms with Gasteiger partial charge in [0.25, 0.3) is 0 Å². The highest BCUT2D eigenvalue weighted by atomic mass is 16.5. The van der Waals surface area contributed by atoms with Crippen molar-refractivity contribution in [1.82, 2.24) is 19.8 Å². The van der Waals surface area contributed by atoms with Gasteiger partial charge in [-0.15, -0.1) is 0 Å². The molecule has 142 valence electrons. The summed E-state index contributed by atoms with van der Waals surface area (Å²) in [6.07, 6.45) is 2.76. The maximum absolute atomic E-state index is 12.9. The second-order valence-corrected chi connectivity index (χ2v) is 7.77. The van der Waals surface area contributed by atoms with Gasteiger partial charge < -0.3 is 9.64 Å². The molecule has 2 aromatic rings. The van der Waals surface area contributed by atoms with Crippen LogP contribution in [0.1, 0.15) is 36.5 Å². The number of rotatable bonds is 4. The molecule has 0 N–H and O–H groups in total. The summed E-state index contributed by atoms with van der Waals surface area (Å²) >= 11 is 0. The minimum atomic E-state index is 0.137. The largest absolute Gasteiger partial charge is 0.492 e. The third-order valence-electron chi connectivity index (χ3n) is 5.04. The number of ether oxygens (including phenoxy) is 1. The number of nitrogens with zero attached hydrogens (tertiary/aromatic N) is 4. The normalized spacial score (nSPS) is 16.6. The number of benzene rings is 1. The topological polar surface area (TPSA) is 58.6 Å². The molecule has 0 atom stereocenters. The Morgan fingerprint density at radius 1 is 1.19 bits per heavy atom. The van der Waals surface area contributed by atoms with Gasteiger partial charge in [-0.05, 0) is 12.0 Å². The van der Waals surface area contributed by atoms with Crippen molar-refractivity contribution in [2.75, 3.05) is 19.7 Å². The van der Waals surface area contributed by atoms with Gasteiger partial charge >= 0.3 is 0 Å². The number of amides is 1. The van der Waals surface area contributed by atoms with E-state index in [4.69, 9.17) is 4.74 Å². The van der Waals surface area contributed by atoms with Crippen molar-refractivity contribution >= 4 is 5.91 Å². The predicted molar refractivity (Wildman–Crippen MR) is 102 cm³/mol. The number of para-hydroxylation sites is 1. The van der Waals surface area contributed by atoms with Crippen molar-refractivity contribution in [2.24, 2.45) is 5.92 Å². The summed E-state index contributed by atoms with van der Waals surface area (Å²) in [6, 6.07) is 8.05. The summed E-state index contributed by atoms with van der Waals surface area (Å²) in [5.74, 6) is 2.46. The van der Waals surface area contributed by atoms with Gasteiger partial charge in [0, 0.05) is 43.4 Å². The fourth-order valence-corrected chi connectivity index (χ4v) is 3.64. The monoisotopic (exact) mass is 366 g/mol. The molecule has 0 saturated heterocycles. The van der Waals surface area contributed by atoms with Gasteiger partial charge in [0.2, 0.25) is 5.91 Å². The molecular weight excluding hydrogens is 340 g/mol. The first-order valence-electron chi connectivity index (χ1n) is 9.63. The average Bonchev–Trinajstić information content (AvgIpc) is 2.95. The molecular formula is C21H26N4O2. The molecule has 0 spiro atoms. The summed E-state index contributed by atoms with van der Waals surface area (Å²) in [5.41, 5.74) is 3.20. The molecule has 0 radical (unpaired) electrons. The van der Waals surface area contributed by atoms with Gasteiger partial charge in [-0.3, -0.25) is 9.69 Å². The summed E-state index contributed by atoms with van der Waals surface area (Å²) in [5, 5.41) is 0. The third kappa shape index (κ3) is 4.11. The van der Waals surface area contributed by atoms with Crippen LogP contribution in [0.15, 0.2) is 30.5 Å². The maximum atomic E-state index is 12.9. The van der Waals surface area contributed by atoms with Crippen LogP contribution in [0.5, 0.6) is 5.75 Å². The third-order valence-corrected chi connectivity index (χ3v) is 5.04. The molecule has 0 fully saturated rings. The number of carbonyl (C=O) groups excluding carboxylic acids is 1. The molecule has 27 heavy (non-hydrogen) atoms. The van der Waals surface area contributed by atoms with E-state index in [2.05, 4.69) is 34.8 Å². The number of hydrogen-bond acceptors (Lipinski definition) is 5. The van der Waals surface area contributed by atoms with E-state index in [1.807, 2.05) is 29.3 Å². The summed E-state index contributed by atoms with van der Waals surface area (Å²) in [4.78, 5) is 26.0. The highest BCUT2D eigenvalue weighted by Crippen LogP contribution is 2.24. The van der Waals surface area contributed by atoms with E-state index in [1.165, 1.54) is 0 Å². The Labute approximate surface area is 160 Å². The van der Waals surface area contributed by atoms with Gasteiger partial charge in [-0.25, -0.2) is 9.97 Å². The molecule has 6 nitrogen and oxygen atoms in total. The highest BCUT2D eigenvalue weighted by Gasteiger charge is 2.27. The van der Waals surface area contributed by atoms with Gasteiger partial charge in [-0.1, -0.05) is 32.0 Å². The van der Waals surface area contributed by atoms with Crippen molar-refractivity contribution < 1.29 is 9.53 Å². The molecule has 0 aliphatic carbocycles. The summed E-state index contributed by atoms with van der Waals surface area (Å²) < 4.78 is 5.80. The Morgan fingerprint density at radius 2 is 2.04 bits per heavy atom. The van der Waals surface area contributed by atoms with Crippen LogP contribution in [0.25, 0.3) is 0 Å². The lowest BCUT2D eigenvalue weighted by molar-refractivity contribution is -0.133. The van der Waals surface area contributed by atoms with Crippen LogP contribution in [-0.2, 0) is 30.8 Å². The molecule has 1 aromatic carbocycles. The number of fused-ring (bicyclic) bond motifs is 2. The van der Waals surface area contributed by atoms with Crippen molar-refractivity contribution in [2.45, 2.75) is 39.9 Å². The molecule has 3 heterocycles. The van der Waals surface area contributed by atoms with E-state index in [-0.39, 0.29) is 5.91 Å². The zero-order valence-electron chi connectivity index (χ0n) is 16.0. The van der Waals surface area contributed by atoms with Crippen molar-refractivity contribution in [1.29, 1.82) is 0 Å². The molecule has 1 aromatic heterocycles. The standard InChI is InChI=1S/C21H26N4O2/c1-15(2)9-20-22-10-17-12-25(13-18(17)23-20)21(26)14-24-7-8-27-19-6-4-3-5-16(19)11-24/h3-6,10,15H,7-9,11-14H2,1-2H3. The minimum Gasteiger partial charge on any atom is -0.492 e. The van der Waals surface area contributed by atoms with Crippen LogP contribution in [0.2, 0.25) is 0 Å². The van der Waals surface area contributed by atoms with Gasteiger partial charge in [0.15, 0.2) is 0 Å². The van der Waals surface area contributed by atoms with E-state index >= 15 is 0 Å². The fraction of sp³-hybridized carbons (Fsp3) is 0.476. The molecule has 0 saturated carbocycles. The minimum absolute atomic E-state index is 0.137. The van der Waals surface area contributed by atoms with E-state index in [1.54, 1.807) is 0 Å². The van der Waals surface area contributed by atoms with E-state index in [0.717, 1.165) is 47.9 Å². The molecule has 6 heteroatoms. The van der Waals surface area contributed by atoms with Crippen molar-refractivity contribution in [3.63, 3.8) is 0 Å². The number of carbonyl (C=O) groups is 1. The highest BCUT2D eigenvalue weighted by molar-refractivity contribution is 5.78. The summed E-state index contributed by atoms with van der Waals surface area (Å²) in [7, 11) is 0. The van der Waals surface area contributed by atoms with Crippen molar-refractivity contribution in [3.05, 3.63) is 53.1 Å². The van der Waals surface area contributed by atoms with Gasteiger partial charge in [0.05, 0.1) is 18.8 Å². The van der Waals surface area contributed by atoms with Crippen LogP contribution < -0.4 is 4.74 Å². The lowest BCUT2D eigenvalue weighted by atomic mass is 10.1. The first-order valence-corrected chi connectivity index (χ1v) is 9.63. The van der Waals surface area contributed by atoms with Gasteiger partial charge in [-0.2, -0.15) is 0 Å². The Kier molecular flexibility index (Phi) is 5.07. The Morgan fingerprint density at radius 3 is 2.89 bits per heavy atom. The summed E-state index contributed by atoms with van der Waals surface area (Å²) in [6.45, 7) is 8.01. The maximum Gasteiger partial charge on any atom is 0.237 e. The zero-order valence-corrected chi connectivity index (χ0v) is 16.0. The SMILES string of the molecule is CC(C)Cc1ncc2c(n1)CN(C(=O)CN1CCOc3ccccc3C1)C2. The Balaban J connectivity index is 1.39. The predicted octanol–water partition coefficient (Wildman–Crippen LogP) is 2.41. The van der Waals surface area contributed by atoms with E-state index in [9.17, 15) is 4.79 Å². The zero-order chi connectivity index (χ0) is 18.8. The fourth-order valence-electron chi connectivity index (χ4n) is 3.64. The number of hydrogen-bond donors (Lipinski definition) is 0. The smallest absolute Gasteiger partial charge is 0.237 e. The second-order valence-electron chi connectivity index (χ2n) is 7.77. The molecule has 4 rings (SSSR count). The van der Waals surface area contributed by atoms with Crippen LogP contribution >= 0.6 is 0 Å².